The first-order valence-corrected chi connectivity index (χ1v) is 8.61. The maximum absolute atomic E-state index is 11.6. The van der Waals surface area contributed by atoms with E-state index in [1.165, 1.54) is 19.2 Å². The Balaban J connectivity index is 1.92. The van der Waals surface area contributed by atoms with Crippen LogP contribution in [0.15, 0.2) is 29.2 Å². The first-order chi connectivity index (χ1) is 10.5. The Kier molecular flexibility index (Phi) is 5.25. The summed E-state index contributed by atoms with van der Waals surface area (Å²) >= 11 is 0. The van der Waals surface area contributed by atoms with Gasteiger partial charge in [0.05, 0.1) is 4.90 Å². The second-order valence-corrected chi connectivity index (χ2v) is 6.92. The molecule has 0 bridgehead atoms. The summed E-state index contributed by atoms with van der Waals surface area (Å²) in [5.41, 5.74) is 0. The van der Waals surface area contributed by atoms with E-state index in [0.29, 0.717) is 18.8 Å². The third-order valence-corrected chi connectivity index (χ3v) is 5.08. The Morgan fingerprint density at radius 2 is 1.77 bits per heavy atom. The van der Waals surface area contributed by atoms with Crippen LogP contribution in [0, 0.1) is 0 Å². The number of amides is 2. The number of piperidine rings is 1. The molecule has 1 saturated heterocycles. The molecule has 7 nitrogen and oxygen atoms in total. The van der Waals surface area contributed by atoms with Gasteiger partial charge in [0.25, 0.3) is 0 Å². The van der Waals surface area contributed by atoms with Crippen molar-refractivity contribution in [1.82, 2.24) is 14.9 Å². The van der Waals surface area contributed by atoms with E-state index in [4.69, 9.17) is 4.74 Å². The minimum absolute atomic E-state index is 0.0349. The summed E-state index contributed by atoms with van der Waals surface area (Å²) in [4.78, 5) is 13.5. The molecule has 1 aromatic carbocycles. The maximum Gasteiger partial charge on any atom is 0.317 e. The van der Waals surface area contributed by atoms with Crippen molar-refractivity contribution in [3.05, 3.63) is 24.3 Å². The van der Waals surface area contributed by atoms with Crippen LogP contribution >= 0.6 is 0 Å². The van der Waals surface area contributed by atoms with Crippen LogP contribution in [-0.4, -0.2) is 52.6 Å². The number of carbonyl (C=O) groups excluding carboxylic acids is 1. The Morgan fingerprint density at radius 3 is 2.27 bits per heavy atom. The van der Waals surface area contributed by atoms with E-state index >= 15 is 0 Å². The van der Waals surface area contributed by atoms with Crippen molar-refractivity contribution in [2.24, 2.45) is 0 Å². The van der Waals surface area contributed by atoms with Crippen LogP contribution in [-0.2, 0) is 10.0 Å². The fraction of sp³-hybridized carbons (Fsp3) is 0.500. The number of carbonyl (C=O) groups is 1. The molecule has 2 rings (SSSR count). The van der Waals surface area contributed by atoms with Gasteiger partial charge in [-0.2, -0.15) is 0 Å². The number of hydrogen-bond donors (Lipinski definition) is 2. The largest absolute Gasteiger partial charge is 0.490 e. The number of sulfonamides is 1. The molecule has 1 aliphatic rings. The van der Waals surface area contributed by atoms with E-state index in [1.807, 2.05) is 0 Å². The van der Waals surface area contributed by atoms with E-state index in [9.17, 15) is 13.2 Å². The lowest BCUT2D eigenvalue weighted by atomic mass is 10.1. The van der Waals surface area contributed by atoms with Gasteiger partial charge in [0.15, 0.2) is 0 Å². The summed E-state index contributed by atoms with van der Waals surface area (Å²) in [5, 5.41) is 2.61. The zero-order valence-corrected chi connectivity index (χ0v) is 13.5. The van der Waals surface area contributed by atoms with E-state index in [1.54, 1.807) is 24.1 Å². The van der Waals surface area contributed by atoms with Crippen molar-refractivity contribution in [3.63, 3.8) is 0 Å². The van der Waals surface area contributed by atoms with Gasteiger partial charge < -0.3 is 15.0 Å². The molecule has 22 heavy (non-hydrogen) atoms. The van der Waals surface area contributed by atoms with Gasteiger partial charge in [-0.15, -0.1) is 0 Å². The molecule has 0 radical (unpaired) electrons. The lowest BCUT2D eigenvalue weighted by Gasteiger charge is -2.31. The molecule has 1 aromatic rings. The van der Waals surface area contributed by atoms with Crippen molar-refractivity contribution < 1.29 is 17.9 Å². The zero-order valence-electron chi connectivity index (χ0n) is 12.7. The minimum Gasteiger partial charge on any atom is -0.490 e. The van der Waals surface area contributed by atoms with Crippen LogP contribution < -0.4 is 14.8 Å². The van der Waals surface area contributed by atoms with Crippen molar-refractivity contribution in [2.45, 2.75) is 23.8 Å². The topological polar surface area (TPSA) is 87.7 Å². The first-order valence-electron chi connectivity index (χ1n) is 7.13. The molecule has 0 aliphatic carbocycles. The molecule has 1 fully saturated rings. The minimum atomic E-state index is -3.42. The Labute approximate surface area is 130 Å². The summed E-state index contributed by atoms with van der Waals surface area (Å²) in [6, 6.07) is 6.26. The number of urea groups is 1. The molecular weight excluding hydrogens is 306 g/mol. The van der Waals surface area contributed by atoms with Crippen LogP contribution in [0.4, 0.5) is 4.79 Å². The fourth-order valence-electron chi connectivity index (χ4n) is 2.34. The molecule has 2 amide bonds. The second-order valence-electron chi connectivity index (χ2n) is 5.04. The predicted octanol–water partition coefficient (Wildman–Crippen LogP) is 0.777. The van der Waals surface area contributed by atoms with Gasteiger partial charge in [-0.25, -0.2) is 17.9 Å². The van der Waals surface area contributed by atoms with Crippen molar-refractivity contribution >= 4 is 16.1 Å². The van der Waals surface area contributed by atoms with Gasteiger partial charge in [0, 0.05) is 33.0 Å². The van der Waals surface area contributed by atoms with Gasteiger partial charge in [-0.3, -0.25) is 0 Å². The molecule has 2 N–H and O–H groups in total. The summed E-state index contributed by atoms with van der Waals surface area (Å²) in [5.74, 6) is 0.633. The highest BCUT2D eigenvalue weighted by Crippen LogP contribution is 2.21. The summed E-state index contributed by atoms with van der Waals surface area (Å²) < 4.78 is 31.4. The molecular formula is C14H21N3O4S. The monoisotopic (exact) mass is 327 g/mol. The van der Waals surface area contributed by atoms with Crippen LogP contribution in [0.2, 0.25) is 0 Å². The summed E-state index contributed by atoms with van der Waals surface area (Å²) in [7, 11) is -0.433. The van der Waals surface area contributed by atoms with Crippen LogP contribution in [0.3, 0.4) is 0 Å². The molecule has 122 valence electrons. The molecule has 8 heteroatoms. The Hall–Kier alpha value is -1.80. The number of rotatable bonds is 4. The van der Waals surface area contributed by atoms with Crippen LogP contribution in [0.1, 0.15) is 12.8 Å². The van der Waals surface area contributed by atoms with Crippen LogP contribution in [0.25, 0.3) is 0 Å². The summed E-state index contributed by atoms with van der Waals surface area (Å²) in [6.07, 6.45) is 1.54. The number of likely N-dealkylation sites (tertiary alicyclic amines) is 1. The molecule has 1 aliphatic heterocycles. The van der Waals surface area contributed by atoms with Gasteiger partial charge in [0.1, 0.15) is 11.9 Å². The van der Waals surface area contributed by atoms with Crippen molar-refractivity contribution in [2.75, 3.05) is 27.2 Å². The highest BCUT2D eigenvalue weighted by Gasteiger charge is 2.23. The molecule has 0 spiro atoms. The molecule has 1 heterocycles. The van der Waals surface area contributed by atoms with Gasteiger partial charge >= 0.3 is 6.03 Å². The van der Waals surface area contributed by atoms with Gasteiger partial charge in [-0.05, 0) is 31.3 Å². The van der Waals surface area contributed by atoms with Crippen molar-refractivity contribution in [1.29, 1.82) is 0 Å². The Morgan fingerprint density at radius 1 is 1.18 bits per heavy atom. The normalized spacial score (nSPS) is 16.4. The smallest absolute Gasteiger partial charge is 0.317 e. The third-order valence-electron chi connectivity index (χ3n) is 3.65. The van der Waals surface area contributed by atoms with Gasteiger partial charge in [-0.1, -0.05) is 0 Å². The van der Waals surface area contributed by atoms with Crippen molar-refractivity contribution in [3.8, 4) is 5.75 Å². The van der Waals surface area contributed by atoms with E-state index in [0.717, 1.165) is 12.8 Å². The molecule has 0 aromatic heterocycles. The van der Waals surface area contributed by atoms with E-state index < -0.39 is 10.0 Å². The lowest BCUT2D eigenvalue weighted by molar-refractivity contribution is 0.112. The van der Waals surface area contributed by atoms with Crippen LogP contribution in [0.5, 0.6) is 5.75 Å². The van der Waals surface area contributed by atoms with E-state index in [2.05, 4.69) is 10.0 Å². The number of nitrogens with zero attached hydrogens (tertiary/aromatic N) is 1. The lowest BCUT2D eigenvalue weighted by Crippen LogP contribution is -2.45. The average molecular weight is 327 g/mol. The highest BCUT2D eigenvalue weighted by molar-refractivity contribution is 7.89. The SMILES string of the molecule is CNC(=O)N1CCC(Oc2ccc(S(=O)(=O)NC)cc2)CC1. The number of benzene rings is 1. The molecule has 0 unspecified atom stereocenters. The molecule has 0 atom stereocenters. The standard InChI is InChI=1S/C14H21N3O4S/c1-15-14(18)17-9-7-12(8-10-17)21-11-3-5-13(6-4-11)22(19,20)16-2/h3-6,12,16H,7-10H2,1-2H3,(H,15,18). The highest BCUT2D eigenvalue weighted by atomic mass is 32.2. The van der Waals surface area contributed by atoms with E-state index in [-0.39, 0.29) is 17.0 Å². The fourth-order valence-corrected chi connectivity index (χ4v) is 3.07. The zero-order chi connectivity index (χ0) is 16.2. The number of ether oxygens (including phenoxy) is 1. The quantitative estimate of drug-likeness (QED) is 0.855. The maximum atomic E-state index is 11.6. The second kappa shape index (κ2) is 6.97. The average Bonchev–Trinajstić information content (AvgIpc) is 2.55. The Bertz CT molecular complexity index is 607. The number of nitrogens with one attached hydrogen (secondary N) is 2. The van der Waals surface area contributed by atoms with Gasteiger partial charge in [0.2, 0.25) is 10.0 Å². The number of hydrogen-bond acceptors (Lipinski definition) is 4. The summed E-state index contributed by atoms with van der Waals surface area (Å²) in [6.45, 7) is 1.30. The molecule has 0 saturated carbocycles. The predicted molar refractivity (Wildman–Crippen MR) is 82.4 cm³/mol. The first kappa shape index (κ1) is 16.6. The third kappa shape index (κ3) is 3.89.